The molecule has 0 unspecified atom stereocenters. The summed E-state index contributed by atoms with van der Waals surface area (Å²) in [5.41, 5.74) is 0.496. The van der Waals surface area contributed by atoms with Gasteiger partial charge in [-0.05, 0) is 74.4 Å². The average molecular weight is 469 g/mol. The van der Waals surface area contributed by atoms with E-state index in [4.69, 9.17) is 25.5 Å². The molecule has 3 aromatic rings. The van der Waals surface area contributed by atoms with Gasteiger partial charge in [0.1, 0.15) is 11.5 Å². The zero-order valence-corrected chi connectivity index (χ0v) is 19.0. The normalized spacial score (nSPS) is 14.1. The van der Waals surface area contributed by atoms with Crippen molar-refractivity contribution in [1.29, 1.82) is 0 Å². The van der Waals surface area contributed by atoms with Crippen LogP contribution < -0.4 is 14.8 Å². The number of carbonyl (C=O) groups is 2. The first-order chi connectivity index (χ1) is 16.0. The molecule has 0 atom stereocenters. The molecule has 8 heteroatoms. The number of benzene rings is 2. The van der Waals surface area contributed by atoms with E-state index in [-0.39, 0.29) is 17.7 Å². The third-order valence-electron chi connectivity index (χ3n) is 5.45. The van der Waals surface area contributed by atoms with Gasteiger partial charge in [0.25, 0.3) is 5.91 Å². The van der Waals surface area contributed by atoms with Gasteiger partial charge < -0.3 is 24.1 Å². The maximum Gasteiger partial charge on any atom is 0.289 e. The van der Waals surface area contributed by atoms with E-state index < -0.39 is 0 Å². The molecule has 0 radical (unpaired) electrons. The minimum Gasteiger partial charge on any atom is -0.494 e. The highest BCUT2D eigenvalue weighted by molar-refractivity contribution is 6.31. The predicted molar refractivity (Wildman–Crippen MR) is 125 cm³/mol. The first-order valence-corrected chi connectivity index (χ1v) is 11.2. The van der Waals surface area contributed by atoms with E-state index in [0.717, 1.165) is 5.75 Å². The summed E-state index contributed by atoms with van der Waals surface area (Å²) in [7, 11) is 0. The molecular formula is C25H25ClN2O5. The number of anilines is 1. The van der Waals surface area contributed by atoms with Crippen molar-refractivity contribution in [3.05, 3.63) is 71.6 Å². The lowest BCUT2D eigenvalue weighted by Crippen LogP contribution is -2.41. The van der Waals surface area contributed by atoms with Crippen molar-refractivity contribution in [3.8, 4) is 17.2 Å². The Balaban J connectivity index is 1.39. The average Bonchev–Trinajstić information content (AvgIpc) is 3.37. The fraction of sp³-hybridized carbons (Fsp3) is 0.280. The second-order valence-electron chi connectivity index (χ2n) is 7.68. The van der Waals surface area contributed by atoms with Crippen molar-refractivity contribution in [1.82, 2.24) is 4.90 Å². The molecule has 2 aromatic carbocycles. The van der Waals surface area contributed by atoms with Crippen molar-refractivity contribution < 1.29 is 23.5 Å². The Bertz CT molecular complexity index is 1090. The maximum absolute atomic E-state index is 13.0. The zero-order chi connectivity index (χ0) is 23.2. The number of nitrogens with zero attached hydrogens (tertiary/aromatic N) is 1. The standard InChI is InChI=1S/C25H25ClN2O5/c1-2-31-19-6-8-20(9-7-19)33-22-10-5-18(26)16-21(22)27-24(29)17-11-13-28(14-12-17)25(30)23-4-3-15-32-23/h3-10,15-17H,2,11-14H2,1H3,(H,27,29). The number of hydrogen-bond acceptors (Lipinski definition) is 5. The Morgan fingerprint density at radius 1 is 1.09 bits per heavy atom. The first-order valence-electron chi connectivity index (χ1n) is 10.9. The topological polar surface area (TPSA) is 81.0 Å². The van der Waals surface area contributed by atoms with Crippen LogP contribution in [-0.2, 0) is 4.79 Å². The molecule has 1 N–H and O–H groups in total. The van der Waals surface area contributed by atoms with E-state index in [0.29, 0.717) is 60.5 Å². The highest BCUT2D eigenvalue weighted by Crippen LogP contribution is 2.33. The van der Waals surface area contributed by atoms with Gasteiger partial charge in [-0.1, -0.05) is 11.6 Å². The third-order valence-corrected chi connectivity index (χ3v) is 5.68. The molecule has 1 aliphatic heterocycles. The molecule has 172 valence electrons. The predicted octanol–water partition coefficient (Wildman–Crippen LogP) is 5.61. The highest BCUT2D eigenvalue weighted by Gasteiger charge is 2.29. The van der Waals surface area contributed by atoms with Crippen LogP contribution in [0.2, 0.25) is 5.02 Å². The Morgan fingerprint density at radius 2 is 1.82 bits per heavy atom. The summed E-state index contributed by atoms with van der Waals surface area (Å²) in [6, 6.07) is 15.7. The van der Waals surface area contributed by atoms with Crippen LogP contribution in [0, 0.1) is 5.92 Å². The highest BCUT2D eigenvalue weighted by atomic mass is 35.5. The number of ether oxygens (including phenoxy) is 2. The largest absolute Gasteiger partial charge is 0.494 e. The SMILES string of the molecule is CCOc1ccc(Oc2ccc(Cl)cc2NC(=O)C2CCN(C(=O)c3ccco3)CC2)cc1. The molecule has 7 nitrogen and oxygen atoms in total. The lowest BCUT2D eigenvalue weighted by atomic mass is 9.95. The van der Waals surface area contributed by atoms with Gasteiger partial charge in [0.05, 0.1) is 18.6 Å². The maximum atomic E-state index is 13.0. The van der Waals surface area contributed by atoms with Crippen LogP contribution in [0.25, 0.3) is 0 Å². The van der Waals surface area contributed by atoms with Gasteiger partial charge in [0.15, 0.2) is 11.5 Å². The minimum atomic E-state index is -0.219. The Morgan fingerprint density at radius 3 is 2.48 bits per heavy atom. The fourth-order valence-corrected chi connectivity index (χ4v) is 3.89. The summed E-state index contributed by atoms with van der Waals surface area (Å²) in [6.07, 6.45) is 2.60. The van der Waals surface area contributed by atoms with Crippen molar-refractivity contribution in [2.75, 3.05) is 25.0 Å². The van der Waals surface area contributed by atoms with E-state index >= 15 is 0 Å². The molecule has 1 fully saturated rings. The number of piperidine rings is 1. The zero-order valence-electron chi connectivity index (χ0n) is 18.3. The number of nitrogens with one attached hydrogen (secondary N) is 1. The van der Waals surface area contributed by atoms with Crippen LogP contribution in [0.3, 0.4) is 0 Å². The molecule has 2 heterocycles. The number of furan rings is 1. The molecule has 0 saturated carbocycles. The van der Waals surface area contributed by atoms with Gasteiger partial charge in [-0.3, -0.25) is 9.59 Å². The smallest absolute Gasteiger partial charge is 0.289 e. The molecule has 1 aromatic heterocycles. The quantitative estimate of drug-likeness (QED) is 0.487. The molecule has 0 spiro atoms. The second kappa shape index (κ2) is 10.4. The Kier molecular flexibility index (Phi) is 7.19. The van der Waals surface area contributed by atoms with Crippen molar-refractivity contribution in [2.45, 2.75) is 19.8 Å². The molecule has 0 aliphatic carbocycles. The monoisotopic (exact) mass is 468 g/mol. The first kappa shape index (κ1) is 22.7. The Hall–Kier alpha value is -3.45. The lowest BCUT2D eigenvalue weighted by molar-refractivity contribution is -0.121. The van der Waals surface area contributed by atoms with Gasteiger partial charge in [0.2, 0.25) is 5.91 Å². The number of carbonyl (C=O) groups excluding carboxylic acids is 2. The van der Waals surface area contributed by atoms with Crippen molar-refractivity contribution >= 4 is 29.1 Å². The summed E-state index contributed by atoms with van der Waals surface area (Å²) in [5, 5.41) is 3.44. The summed E-state index contributed by atoms with van der Waals surface area (Å²) in [4.78, 5) is 27.1. The fourth-order valence-electron chi connectivity index (χ4n) is 3.72. The van der Waals surface area contributed by atoms with Crippen molar-refractivity contribution in [2.24, 2.45) is 5.92 Å². The molecule has 0 bridgehead atoms. The lowest BCUT2D eigenvalue weighted by Gasteiger charge is -2.30. The minimum absolute atomic E-state index is 0.126. The van der Waals surface area contributed by atoms with Gasteiger partial charge in [0, 0.05) is 24.0 Å². The van der Waals surface area contributed by atoms with Crippen LogP contribution in [-0.4, -0.2) is 36.4 Å². The number of halogens is 1. The summed E-state index contributed by atoms with van der Waals surface area (Å²) < 4.78 is 16.6. The van der Waals surface area contributed by atoms with E-state index in [1.807, 2.05) is 19.1 Å². The Labute approximate surface area is 197 Å². The van der Waals surface area contributed by atoms with Crippen LogP contribution >= 0.6 is 11.6 Å². The molecule has 1 aliphatic rings. The summed E-state index contributed by atoms with van der Waals surface area (Å²) in [5.74, 6) is 1.67. The van der Waals surface area contributed by atoms with Gasteiger partial charge in [-0.2, -0.15) is 0 Å². The molecule has 2 amide bonds. The van der Waals surface area contributed by atoms with E-state index in [2.05, 4.69) is 5.32 Å². The summed E-state index contributed by atoms with van der Waals surface area (Å²) in [6.45, 7) is 3.49. The molecule has 33 heavy (non-hydrogen) atoms. The van der Waals surface area contributed by atoms with Crippen LogP contribution in [0.4, 0.5) is 5.69 Å². The van der Waals surface area contributed by atoms with Gasteiger partial charge in [-0.25, -0.2) is 0 Å². The number of hydrogen-bond donors (Lipinski definition) is 1. The van der Waals surface area contributed by atoms with Gasteiger partial charge in [-0.15, -0.1) is 0 Å². The van der Waals surface area contributed by atoms with E-state index in [1.54, 1.807) is 47.4 Å². The van der Waals surface area contributed by atoms with Crippen LogP contribution in [0.1, 0.15) is 30.3 Å². The number of rotatable bonds is 7. The van der Waals surface area contributed by atoms with E-state index in [9.17, 15) is 9.59 Å². The van der Waals surface area contributed by atoms with Crippen LogP contribution in [0.15, 0.2) is 65.3 Å². The van der Waals surface area contributed by atoms with E-state index in [1.165, 1.54) is 6.26 Å². The third kappa shape index (κ3) is 5.68. The summed E-state index contributed by atoms with van der Waals surface area (Å²) >= 11 is 6.17. The van der Waals surface area contributed by atoms with Crippen LogP contribution in [0.5, 0.6) is 17.2 Å². The molecule has 1 saturated heterocycles. The second-order valence-corrected chi connectivity index (χ2v) is 8.12. The molecule has 4 rings (SSSR count). The van der Waals surface area contributed by atoms with Crippen molar-refractivity contribution in [3.63, 3.8) is 0 Å². The van der Waals surface area contributed by atoms with Gasteiger partial charge >= 0.3 is 0 Å². The molecular weight excluding hydrogens is 444 g/mol. The number of amides is 2. The number of likely N-dealkylation sites (tertiary alicyclic amines) is 1.